The van der Waals surface area contributed by atoms with Crippen molar-refractivity contribution in [3.05, 3.63) is 17.9 Å². The molecule has 1 aliphatic rings. The van der Waals surface area contributed by atoms with E-state index in [4.69, 9.17) is 4.42 Å². The number of furan rings is 1. The van der Waals surface area contributed by atoms with Gasteiger partial charge in [-0.3, -0.25) is 4.79 Å². The number of carbonyl (C=O) groups excluding carboxylic acids is 1. The Kier molecular flexibility index (Phi) is 3.90. The van der Waals surface area contributed by atoms with E-state index in [-0.39, 0.29) is 10.9 Å². The third-order valence-electron chi connectivity index (χ3n) is 2.51. The van der Waals surface area contributed by atoms with Crippen LogP contribution in [0, 0.1) is 0 Å². The predicted molar refractivity (Wildman–Crippen MR) is 64.8 cm³/mol. The van der Waals surface area contributed by atoms with E-state index >= 15 is 0 Å². The average molecular weight is 275 g/mol. The van der Waals surface area contributed by atoms with Gasteiger partial charge < -0.3 is 4.42 Å². The highest BCUT2D eigenvalue weighted by molar-refractivity contribution is 8.00. The standard InChI is InChI=1S/C10H13NO4S2/c12-7-8-3-4-10(15-8)17(13,14)11-6-9-2-1-5-16-9/h3-4,7,9,11H,1-2,5-6H2. The highest BCUT2D eigenvalue weighted by Gasteiger charge is 2.22. The predicted octanol–water partition coefficient (Wildman–Crippen LogP) is 1.27. The van der Waals surface area contributed by atoms with Crippen molar-refractivity contribution in [1.29, 1.82) is 0 Å². The summed E-state index contributed by atoms with van der Waals surface area (Å²) in [6.07, 6.45) is 2.64. The Morgan fingerprint density at radius 1 is 1.53 bits per heavy atom. The lowest BCUT2D eigenvalue weighted by atomic mass is 10.2. The Hall–Kier alpha value is -0.790. The van der Waals surface area contributed by atoms with Crippen molar-refractivity contribution in [2.45, 2.75) is 23.2 Å². The van der Waals surface area contributed by atoms with E-state index in [1.807, 2.05) is 0 Å². The lowest BCUT2D eigenvalue weighted by molar-refractivity contribution is 0.109. The Bertz CT molecular complexity index is 488. The third-order valence-corrected chi connectivity index (χ3v) is 5.20. The van der Waals surface area contributed by atoms with Crippen LogP contribution in [0.3, 0.4) is 0 Å². The van der Waals surface area contributed by atoms with Crippen molar-refractivity contribution >= 4 is 28.1 Å². The van der Waals surface area contributed by atoms with E-state index in [9.17, 15) is 13.2 Å². The van der Waals surface area contributed by atoms with Gasteiger partial charge >= 0.3 is 0 Å². The van der Waals surface area contributed by atoms with E-state index in [0.717, 1.165) is 18.6 Å². The van der Waals surface area contributed by atoms with E-state index < -0.39 is 10.0 Å². The van der Waals surface area contributed by atoms with Crippen LogP contribution in [-0.4, -0.2) is 32.3 Å². The first-order valence-corrected chi connectivity index (χ1v) is 7.81. The van der Waals surface area contributed by atoms with Gasteiger partial charge in [0, 0.05) is 11.8 Å². The van der Waals surface area contributed by atoms with Crippen LogP contribution < -0.4 is 4.72 Å². The van der Waals surface area contributed by atoms with Gasteiger partial charge in [-0.15, -0.1) is 0 Å². The summed E-state index contributed by atoms with van der Waals surface area (Å²) >= 11 is 1.77. The van der Waals surface area contributed by atoms with Gasteiger partial charge in [0.15, 0.2) is 12.0 Å². The zero-order chi connectivity index (χ0) is 12.3. The van der Waals surface area contributed by atoms with Gasteiger partial charge in [0.1, 0.15) is 0 Å². The quantitative estimate of drug-likeness (QED) is 0.819. The second kappa shape index (κ2) is 5.24. The number of hydrogen-bond donors (Lipinski definition) is 1. The number of hydrogen-bond acceptors (Lipinski definition) is 5. The van der Waals surface area contributed by atoms with Crippen LogP contribution in [0.2, 0.25) is 0 Å². The van der Waals surface area contributed by atoms with Crippen molar-refractivity contribution in [3.8, 4) is 0 Å². The fourth-order valence-electron chi connectivity index (χ4n) is 1.62. The summed E-state index contributed by atoms with van der Waals surface area (Å²) in [4.78, 5) is 10.4. The molecule has 7 heteroatoms. The maximum atomic E-state index is 11.8. The number of sulfonamides is 1. The van der Waals surface area contributed by atoms with Gasteiger partial charge in [0.05, 0.1) is 0 Å². The molecule has 0 saturated carbocycles. The smallest absolute Gasteiger partial charge is 0.274 e. The SMILES string of the molecule is O=Cc1ccc(S(=O)(=O)NCC2CCCS2)o1. The lowest BCUT2D eigenvalue weighted by Crippen LogP contribution is -2.29. The van der Waals surface area contributed by atoms with Crippen LogP contribution in [0.4, 0.5) is 0 Å². The van der Waals surface area contributed by atoms with Gasteiger partial charge in [-0.1, -0.05) is 0 Å². The number of thioether (sulfide) groups is 1. The Labute approximate surface area is 104 Å². The van der Waals surface area contributed by atoms with Crippen molar-refractivity contribution in [3.63, 3.8) is 0 Å². The minimum absolute atomic E-state index is 0.0145. The molecule has 0 spiro atoms. The monoisotopic (exact) mass is 275 g/mol. The van der Waals surface area contributed by atoms with Gasteiger partial charge in [-0.05, 0) is 30.7 Å². The molecule has 2 rings (SSSR count). The molecule has 5 nitrogen and oxygen atoms in total. The van der Waals surface area contributed by atoms with Crippen molar-refractivity contribution in [1.82, 2.24) is 4.72 Å². The van der Waals surface area contributed by atoms with E-state index in [2.05, 4.69) is 4.72 Å². The molecule has 0 amide bonds. The van der Waals surface area contributed by atoms with Crippen molar-refractivity contribution in [2.24, 2.45) is 0 Å². The molecular weight excluding hydrogens is 262 g/mol. The van der Waals surface area contributed by atoms with Crippen LogP contribution >= 0.6 is 11.8 Å². The summed E-state index contributed by atoms with van der Waals surface area (Å²) in [5, 5.41) is 0.132. The molecule has 1 N–H and O–H groups in total. The second-order valence-corrected chi connectivity index (χ2v) is 6.87. The summed E-state index contributed by atoms with van der Waals surface area (Å²) in [7, 11) is -3.63. The fourth-order valence-corrected chi connectivity index (χ4v) is 3.94. The maximum absolute atomic E-state index is 11.8. The number of nitrogens with one attached hydrogen (secondary N) is 1. The summed E-state index contributed by atoms with van der Waals surface area (Å²) in [6.45, 7) is 0.407. The summed E-state index contributed by atoms with van der Waals surface area (Å²) in [5.74, 6) is 1.10. The first-order valence-electron chi connectivity index (χ1n) is 5.28. The normalized spacial score (nSPS) is 20.6. The van der Waals surface area contributed by atoms with Crippen LogP contribution in [0.25, 0.3) is 0 Å². The summed E-state index contributed by atoms with van der Waals surface area (Å²) < 4.78 is 31.0. The fraction of sp³-hybridized carbons (Fsp3) is 0.500. The Morgan fingerprint density at radius 3 is 2.94 bits per heavy atom. The van der Waals surface area contributed by atoms with Crippen LogP contribution in [0.15, 0.2) is 21.6 Å². The molecule has 1 fully saturated rings. The topological polar surface area (TPSA) is 76.4 Å². The number of rotatable bonds is 5. The molecule has 2 heterocycles. The summed E-state index contributed by atoms with van der Waals surface area (Å²) in [6, 6.07) is 2.62. The largest absolute Gasteiger partial charge is 0.440 e. The number of aldehydes is 1. The molecule has 17 heavy (non-hydrogen) atoms. The molecule has 0 bridgehead atoms. The lowest BCUT2D eigenvalue weighted by Gasteiger charge is -2.08. The second-order valence-electron chi connectivity index (χ2n) is 3.76. The maximum Gasteiger partial charge on any atom is 0.274 e. The highest BCUT2D eigenvalue weighted by Crippen LogP contribution is 2.25. The van der Waals surface area contributed by atoms with Crippen molar-refractivity contribution in [2.75, 3.05) is 12.3 Å². The molecule has 1 aliphatic heterocycles. The zero-order valence-electron chi connectivity index (χ0n) is 9.09. The average Bonchev–Trinajstić information content (AvgIpc) is 2.98. The minimum Gasteiger partial charge on any atom is -0.440 e. The Morgan fingerprint density at radius 2 is 2.35 bits per heavy atom. The van der Waals surface area contributed by atoms with Crippen LogP contribution in [-0.2, 0) is 10.0 Å². The molecule has 1 saturated heterocycles. The van der Waals surface area contributed by atoms with Crippen LogP contribution in [0.1, 0.15) is 23.4 Å². The van der Waals surface area contributed by atoms with Gasteiger partial charge in [-0.25, -0.2) is 13.1 Å². The Balaban J connectivity index is 2.00. The third kappa shape index (κ3) is 3.11. The van der Waals surface area contributed by atoms with Gasteiger partial charge in [0.2, 0.25) is 5.09 Å². The van der Waals surface area contributed by atoms with Crippen molar-refractivity contribution < 1.29 is 17.6 Å². The van der Waals surface area contributed by atoms with E-state index in [1.165, 1.54) is 12.1 Å². The molecule has 1 aromatic rings. The minimum atomic E-state index is -3.63. The molecular formula is C10H13NO4S2. The molecule has 1 atom stereocenters. The summed E-state index contributed by atoms with van der Waals surface area (Å²) in [5.41, 5.74) is 0. The molecule has 0 aliphatic carbocycles. The molecule has 94 valence electrons. The van der Waals surface area contributed by atoms with Gasteiger partial charge in [0.25, 0.3) is 10.0 Å². The van der Waals surface area contributed by atoms with Gasteiger partial charge in [-0.2, -0.15) is 11.8 Å². The molecule has 1 aromatic heterocycles. The zero-order valence-corrected chi connectivity index (χ0v) is 10.7. The molecule has 0 radical (unpaired) electrons. The van der Waals surface area contributed by atoms with Crippen LogP contribution in [0.5, 0.6) is 0 Å². The van der Waals surface area contributed by atoms with E-state index in [0.29, 0.717) is 18.1 Å². The first kappa shape index (κ1) is 12.7. The highest BCUT2D eigenvalue weighted by atomic mass is 32.2. The van der Waals surface area contributed by atoms with E-state index in [1.54, 1.807) is 11.8 Å². The number of carbonyl (C=O) groups is 1. The molecule has 0 aromatic carbocycles. The first-order chi connectivity index (χ1) is 8.12. The molecule has 1 unspecified atom stereocenters.